The van der Waals surface area contributed by atoms with Crippen molar-refractivity contribution < 1.29 is 119 Å². The number of aryl methyl sites for hydroxylation is 4. The Morgan fingerprint density at radius 1 is 0.348 bits per heavy atom. The third kappa shape index (κ3) is 61.8. The molecular formula is C92H140N6O28S6. The Kier molecular flexibility index (Phi) is 62.8. The fraction of sp³-hybridized carbons (Fsp3) is 0.543. The maximum Gasteiger partial charge on any atom is 0.323 e. The van der Waals surface area contributed by atoms with Crippen LogP contribution < -0.4 is 32.4 Å². The molecule has 0 aromatic heterocycles. The second-order valence-corrected chi connectivity index (χ2v) is 39.6. The summed E-state index contributed by atoms with van der Waals surface area (Å²) in [5.41, 5.74) is 26.9. The number of hydrogen-bond acceptors (Lipinski definition) is 30. The molecular weight excluding hydrogens is 1830 g/mol. The normalized spacial score (nSPS) is 13.8. The second-order valence-electron chi connectivity index (χ2n) is 33.1. The van der Waals surface area contributed by atoms with Crippen molar-refractivity contribution in [2.45, 2.75) is 293 Å². The lowest BCUT2D eigenvalue weighted by atomic mass is 9.94. The van der Waals surface area contributed by atoms with Gasteiger partial charge in [-0.3, -0.25) is 67.2 Å². The molecule has 1 aliphatic rings. The molecule has 4 unspecified atom stereocenters. The number of nitro groups is 2. The van der Waals surface area contributed by atoms with E-state index in [-0.39, 0.29) is 103 Å². The van der Waals surface area contributed by atoms with Crippen LogP contribution in [0.5, 0.6) is 11.5 Å². The van der Waals surface area contributed by atoms with Crippen molar-refractivity contribution in [2.75, 3.05) is 24.7 Å². The van der Waals surface area contributed by atoms with Gasteiger partial charge in [0.05, 0.1) is 42.6 Å². The Balaban J connectivity index is 0.00000155. The van der Waals surface area contributed by atoms with Gasteiger partial charge in [-0.1, -0.05) is 165 Å². The van der Waals surface area contributed by atoms with Gasteiger partial charge in [0.1, 0.15) is 47.9 Å². The van der Waals surface area contributed by atoms with E-state index in [0.717, 1.165) is 85.1 Å². The van der Waals surface area contributed by atoms with Crippen molar-refractivity contribution >= 4 is 113 Å². The van der Waals surface area contributed by atoms with Crippen LogP contribution in [0.1, 0.15) is 232 Å². The van der Waals surface area contributed by atoms with Crippen LogP contribution in [0.25, 0.3) is 0 Å². The lowest BCUT2D eigenvalue weighted by molar-refractivity contribution is -0.385. The summed E-state index contributed by atoms with van der Waals surface area (Å²) >= 11 is 8.21. The van der Waals surface area contributed by atoms with Gasteiger partial charge in [-0.2, -0.15) is 58.9 Å². The first-order chi connectivity index (χ1) is 61.7. The topological polar surface area (TPSA) is 566 Å². The first-order valence-electron chi connectivity index (χ1n) is 43.7. The van der Waals surface area contributed by atoms with Crippen LogP contribution in [0, 0.1) is 71.6 Å². The smallest absolute Gasteiger partial charge is 0.323 e. The number of hydrogen-bond donors (Lipinski definition) is 10. The molecule has 4 atom stereocenters. The van der Waals surface area contributed by atoms with Crippen LogP contribution in [-0.2, 0) is 88.2 Å². The largest absolute Gasteiger partial charge is 0.465 e. The van der Waals surface area contributed by atoms with Crippen LogP contribution in [0.3, 0.4) is 0 Å². The summed E-state index contributed by atoms with van der Waals surface area (Å²) < 4.78 is 150. The highest BCUT2D eigenvalue weighted by Gasteiger charge is 2.30. The molecule has 6 aromatic rings. The average molecular weight is 1970 g/mol. The van der Waals surface area contributed by atoms with Gasteiger partial charge in [0.25, 0.3) is 51.8 Å². The Morgan fingerprint density at radius 2 is 0.561 bits per heavy atom. The molecule has 1 aliphatic carbocycles. The lowest BCUT2D eigenvalue weighted by Crippen LogP contribution is -2.39. The minimum atomic E-state index is -4.02. The van der Waals surface area contributed by atoms with E-state index < -0.39 is 74.5 Å². The average Bonchev–Trinajstić information content (AvgIpc) is 0.861. The van der Waals surface area contributed by atoms with Crippen molar-refractivity contribution in [1.29, 1.82) is 0 Å². The summed E-state index contributed by atoms with van der Waals surface area (Å²) in [5, 5.41) is 21.2. The number of unbranched alkanes of at least 4 members (excludes halogenated alkanes) is 11. The van der Waals surface area contributed by atoms with Gasteiger partial charge in [0.2, 0.25) is 0 Å². The van der Waals surface area contributed by atoms with Gasteiger partial charge in [-0.15, -0.1) is 0 Å². The quantitative estimate of drug-likeness (QED) is 0.00248. The molecule has 1 fully saturated rings. The van der Waals surface area contributed by atoms with Crippen LogP contribution in [0.15, 0.2) is 165 Å². The molecule has 12 N–H and O–H groups in total. The Labute approximate surface area is 790 Å². The SMILES string of the molecule is CC(C)CC(N)C(=O)OC1CCC(OC(=O)C(N)CC(C)C)CC1.CC(C)CC(N)C(=O)OCCCCCCOC(=O)C(N)CC(C)C.Cc1ccc(S(=O)(=O)O)cc1.Cc1ccc(S(=O)(=O)O)cc1.Cc1ccc(S(=O)(=O)O)cc1.Cc1ccc(S(=O)(=O)O)cc1.O=C(CCCCCCCCC(=O)Oc1ccc([N+](=O)[O-])cc1)Oc1ccc([N+](=O)[O-])cc1.SCCCCCCS. The van der Waals surface area contributed by atoms with E-state index in [1.165, 1.54) is 123 Å². The minimum Gasteiger partial charge on any atom is -0.465 e. The van der Waals surface area contributed by atoms with Crippen LogP contribution in [0.4, 0.5) is 11.4 Å². The van der Waals surface area contributed by atoms with Crippen molar-refractivity contribution in [1.82, 2.24) is 0 Å². The molecule has 0 aliphatic heterocycles. The van der Waals surface area contributed by atoms with Crippen LogP contribution in [0.2, 0.25) is 0 Å². The fourth-order valence-electron chi connectivity index (χ4n) is 11.6. The van der Waals surface area contributed by atoms with Gasteiger partial charge in [-0.25, -0.2) is 0 Å². The number of nitrogens with two attached hydrogens (primary N) is 4. The van der Waals surface area contributed by atoms with Crippen molar-refractivity contribution in [3.8, 4) is 11.5 Å². The molecule has 40 heteroatoms. The zero-order valence-corrected chi connectivity index (χ0v) is 82.8. The van der Waals surface area contributed by atoms with E-state index in [2.05, 4.69) is 25.3 Å². The number of rotatable bonds is 43. The summed E-state index contributed by atoms with van der Waals surface area (Å²) in [6.45, 7) is 24.3. The number of thiol groups is 2. The number of non-ortho nitro benzene ring substituents is 2. The molecule has 0 bridgehead atoms. The van der Waals surface area contributed by atoms with Crippen molar-refractivity contribution in [3.63, 3.8) is 0 Å². The van der Waals surface area contributed by atoms with Gasteiger partial charge < -0.3 is 51.4 Å². The first kappa shape index (κ1) is 123. The highest BCUT2D eigenvalue weighted by molar-refractivity contribution is 7.86. The summed E-state index contributed by atoms with van der Waals surface area (Å²) in [6, 6.07) is 32.5. The van der Waals surface area contributed by atoms with Gasteiger partial charge in [0, 0.05) is 37.1 Å². The lowest BCUT2D eigenvalue weighted by Gasteiger charge is -2.29. The van der Waals surface area contributed by atoms with Crippen molar-refractivity contribution in [3.05, 3.63) is 188 Å². The van der Waals surface area contributed by atoms with Crippen molar-refractivity contribution in [2.24, 2.45) is 46.6 Å². The Bertz CT molecular complexity index is 4350. The van der Waals surface area contributed by atoms with E-state index in [0.29, 0.717) is 101 Å². The standard InChI is InChI=1S/C22H24N2O8.C18H34N2O4.C18H36N2O4.4C7H8O3S.C6H14S2/c25-21(31-19-13-9-17(10-14-19)23(27)28)7-5-3-1-2-4-6-8-22(26)32-20-15-11-18(12-16-20)24(29)30;1-11(2)9-15(19)17(21)23-13-5-7-14(8-6-13)24-18(22)16(20)10-12(3)4;1-13(2)11-15(19)17(21)23-9-7-5-6-8-10-24-18(22)16(20)12-14(3)4;4*1-6-2-4-7(5-3-6)11(8,9)10;7-5-3-1-2-4-6-8/h9-16H,1-8H2;11-16H,5-10,19-20H2,1-4H3;13-16H,5-12,19-20H2,1-4H3;4*2-5H,1H3,(H,8,9,10);7-8H,1-6H2. The number of ether oxygens (including phenoxy) is 6. The third-order valence-corrected chi connectivity index (χ3v) is 22.8. The highest BCUT2D eigenvalue weighted by atomic mass is 32.2. The summed E-state index contributed by atoms with van der Waals surface area (Å²) in [6.07, 6.45) is 19.0. The molecule has 742 valence electrons. The minimum absolute atomic E-state index is 0.0654. The third-order valence-electron chi connectivity index (χ3n) is 18.7. The van der Waals surface area contributed by atoms with Gasteiger partial charge >= 0.3 is 35.8 Å². The predicted octanol–water partition coefficient (Wildman–Crippen LogP) is 17.0. The zero-order chi connectivity index (χ0) is 100. The fourth-order valence-corrected chi connectivity index (χ4v) is 14.0. The maximum atomic E-state index is 11.9. The predicted molar refractivity (Wildman–Crippen MR) is 513 cm³/mol. The Hall–Kier alpha value is -8.88. The van der Waals surface area contributed by atoms with Gasteiger partial charge in [0.15, 0.2) is 0 Å². The second kappa shape index (κ2) is 67.3. The number of esters is 6. The van der Waals surface area contributed by atoms with E-state index >= 15 is 0 Å². The van der Waals surface area contributed by atoms with E-state index in [1.807, 2.05) is 83.1 Å². The summed E-state index contributed by atoms with van der Waals surface area (Å²) in [5.74, 6) is 2.03. The van der Waals surface area contributed by atoms with E-state index in [4.69, 9.17) is 69.6 Å². The van der Waals surface area contributed by atoms with Gasteiger partial charge in [-0.05, 0) is 238 Å². The highest BCUT2D eigenvalue weighted by Crippen LogP contribution is 2.27. The molecule has 1 saturated carbocycles. The first-order valence-corrected chi connectivity index (χ1v) is 50.8. The van der Waals surface area contributed by atoms with E-state index in [1.54, 1.807) is 48.5 Å². The monoisotopic (exact) mass is 1970 g/mol. The number of carbonyl (C=O) groups is 6. The number of nitro benzene ring substituents is 2. The summed E-state index contributed by atoms with van der Waals surface area (Å²) in [7, 11) is -16.1. The molecule has 6 aromatic carbocycles. The van der Waals surface area contributed by atoms with Crippen LogP contribution in [-0.4, -0.2) is 159 Å². The summed E-state index contributed by atoms with van der Waals surface area (Å²) in [4.78, 5) is 90.6. The Morgan fingerprint density at radius 3 is 0.773 bits per heavy atom. The molecule has 0 amide bonds. The number of carbonyl (C=O) groups excluding carboxylic acids is 6. The number of nitrogens with zero attached hydrogens (tertiary/aromatic N) is 2. The zero-order valence-electron chi connectivity index (χ0n) is 77.7. The molecule has 0 saturated heterocycles. The molecule has 0 heterocycles. The molecule has 0 radical (unpaired) electrons. The molecule has 34 nitrogen and oxygen atoms in total. The molecule has 132 heavy (non-hydrogen) atoms. The van der Waals surface area contributed by atoms with Crippen LogP contribution >= 0.6 is 25.3 Å². The maximum absolute atomic E-state index is 11.9. The van der Waals surface area contributed by atoms with E-state index in [9.17, 15) is 82.7 Å². The molecule has 7 rings (SSSR count). The molecule has 0 spiro atoms. The number of benzene rings is 6.